The van der Waals surface area contributed by atoms with Crippen LogP contribution in [-0.4, -0.2) is 50.1 Å². The predicted molar refractivity (Wildman–Crippen MR) is 140 cm³/mol. The molecule has 3 aromatic rings. The average molecular weight is 508 g/mol. The summed E-state index contributed by atoms with van der Waals surface area (Å²) in [5, 5.41) is 13.1. The van der Waals surface area contributed by atoms with Crippen molar-refractivity contribution in [2.75, 3.05) is 19.6 Å². The SMILES string of the molecule is CC(C(=O)NC(CN1CCC(O)C1)c1ccccc1)c1ccc(CNS(=O)(=O)c2ccccc2)cc1. The third kappa shape index (κ3) is 6.79. The van der Waals surface area contributed by atoms with E-state index in [1.165, 1.54) is 0 Å². The van der Waals surface area contributed by atoms with Gasteiger partial charge in [-0.3, -0.25) is 9.69 Å². The molecule has 3 N–H and O–H groups in total. The monoisotopic (exact) mass is 507 g/mol. The number of amides is 1. The predicted octanol–water partition coefficient (Wildman–Crippen LogP) is 3.19. The maximum atomic E-state index is 13.2. The molecule has 1 aliphatic rings. The van der Waals surface area contributed by atoms with Gasteiger partial charge in [-0.2, -0.15) is 0 Å². The molecule has 1 saturated heterocycles. The highest BCUT2D eigenvalue weighted by Crippen LogP contribution is 2.22. The topological polar surface area (TPSA) is 98.7 Å². The van der Waals surface area contributed by atoms with E-state index in [2.05, 4.69) is 14.9 Å². The number of aliphatic hydroxyl groups is 1. The van der Waals surface area contributed by atoms with Gasteiger partial charge in [0.05, 0.1) is 23.0 Å². The molecule has 0 saturated carbocycles. The van der Waals surface area contributed by atoms with Gasteiger partial charge in [-0.05, 0) is 42.2 Å². The molecule has 7 nitrogen and oxygen atoms in total. The summed E-state index contributed by atoms with van der Waals surface area (Å²) in [5.74, 6) is -0.462. The summed E-state index contributed by atoms with van der Waals surface area (Å²) in [6, 6.07) is 25.4. The molecule has 1 amide bonds. The van der Waals surface area contributed by atoms with E-state index in [-0.39, 0.29) is 35.4 Å². The summed E-state index contributed by atoms with van der Waals surface area (Å²) in [7, 11) is -3.59. The molecule has 3 atom stereocenters. The Balaban J connectivity index is 1.38. The molecule has 1 fully saturated rings. The van der Waals surface area contributed by atoms with Gasteiger partial charge >= 0.3 is 0 Å². The molecular formula is C28H33N3O4S. The number of nitrogens with zero attached hydrogens (tertiary/aromatic N) is 1. The Hall–Kier alpha value is -3.04. The molecule has 0 radical (unpaired) electrons. The van der Waals surface area contributed by atoms with Crippen molar-refractivity contribution in [3.63, 3.8) is 0 Å². The third-order valence-electron chi connectivity index (χ3n) is 6.60. The zero-order valence-corrected chi connectivity index (χ0v) is 21.2. The lowest BCUT2D eigenvalue weighted by Gasteiger charge is -2.26. The van der Waals surface area contributed by atoms with Crippen molar-refractivity contribution in [2.45, 2.75) is 42.8 Å². The number of carbonyl (C=O) groups is 1. The minimum Gasteiger partial charge on any atom is -0.392 e. The first kappa shape index (κ1) is 26.0. The second kappa shape index (κ2) is 11.8. The number of nitrogens with one attached hydrogen (secondary N) is 2. The molecule has 0 aliphatic carbocycles. The molecule has 1 aliphatic heterocycles. The Bertz CT molecular complexity index is 1230. The van der Waals surface area contributed by atoms with Crippen LogP contribution in [0.5, 0.6) is 0 Å². The van der Waals surface area contributed by atoms with Gasteiger partial charge in [0, 0.05) is 26.2 Å². The van der Waals surface area contributed by atoms with Crippen molar-refractivity contribution in [1.29, 1.82) is 0 Å². The Morgan fingerprint density at radius 3 is 2.22 bits per heavy atom. The van der Waals surface area contributed by atoms with Crippen LogP contribution in [0.25, 0.3) is 0 Å². The summed E-state index contributed by atoms with van der Waals surface area (Å²) in [6.45, 7) is 4.09. The van der Waals surface area contributed by atoms with Crippen molar-refractivity contribution in [2.24, 2.45) is 0 Å². The maximum absolute atomic E-state index is 13.2. The van der Waals surface area contributed by atoms with Crippen molar-refractivity contribution in [1.82, 2.24) is 14.9 Å². The van der Waals surface area contributed by atoms with Gasteiger partial charge in [0.2, 0.25) is 15.9 Å². The van der Waals surface area contributed by atoms with Crippen molar-refractivity contribution < 1.29 is 18.3 Å². The lowest BCUT2D eigenvalue weighted by atomic mass is 9.97. The smallest absolute Gasteiger partial charge is 0.240 e. The van der Waals surface area contributed by atoms with Gasteiger partial charge in [0.15, 0.2) is 0 Å². The average Bonchev–Trinajstić information content (AvgIpc) is 3.32. The summed E-state index contributed by atoms with van der Waals surface area (Å²) >= 11 is 0. The molecule has 8 heteroatoms. The molecule has 36 heavy (non-hydrogen) atoms. The molecule has 0 bridgehead atoms. The number of sulfonamides is 1. The van der Waals surface area contributed by atoms with E-state index in [0.29, 0.717) is 13.1 Å². The Labute approximate surface area is 213 Å². The number of β-amino-alcohol motifs (C(OH)–C–C–N with tert-alkyl or cyclic N) is 1. The number of aliphatic hydroxyl groups excluding tert-OH is 1. The van der Waals surface area contributed by atoms with E-state index < -0.39 is 10.0 Å². The van der Waals surface area contributed by atoms with Gasteiger partial charge in [-0.25, -0.2) is 13.1 Å². The summed E-state index contributed by atoms with van der Waals surface area (Å²) in [4.78, 5) is 15.6. The first-order valence-corrected chi connectivity index (χ1v) is 13.7. The number of benzene rings is 3. The minimum atomic E-state index is -3.59. The number of carbonyl (C=O) groups excluding carboxylic acids is 1. The zero-order valence-electron chi connectivity index (χ0n) is 20.4. The van der Waals surface area contributed by atoms with Crippen molar-refractivity contribution in [3.05, 3.63) is 102 Å². The highest BCUT2D eigenvalue weighted by atomic mass is 32.2. The van der Waals surface area contributed by atoms with Crippen LogP contribution in [0.2, 0.25) is 0 Å². The van der Waals surface area contributed by atoms with Gasteiger partial charge in [-0.1, -0.05) is 72.8 Å². The zero-order chi connectivity index (χ0) is 25.5. The molecule has 3 aromatic carbocycles. The van der Waals surface area contributed by atoms with E-state index >= 15 is 0 Å². The summed E-state index contributed by atoms with van der Waals surface area (Å²) in [5.41, 5.74) is 2.69. The molecule has 4 rings (SSSR count). The Kier molecular flexibility index (Phi) is 8.53. The highest BCUT2D eigenvalue weighted by molar-refractivity contribution is 7.89. The highest BCUT2D eigenvalue weighted by Gasteiger charge is 2.26. The van der Waals surface area contributed by atoms with Crippen LogP contribution in [0.15, 0.2) is 89.8 Å². The molecular weight excluding hydrogens is 474 g/mol. The molecule has 190 valence electrons. The summed E-state index contributed by atoms with van der Waals surface area (Å²) in [6.07, 6.45) is 0.437. The largest absolute Gasteiger partial charge is 0.392 e. The molecule has 0 spiro atoms. The third-order valence-corrected chi connectivity index (χ3v) is 8.02. The minimum absolute atomic E-state index is 0.0823. The van der Waals surface area contributed by atoms with E-state index in [4.69, 9.17) is 0 Å². The maximum Gasteiger partial charge on any atom is 0.240 e. The first-order valence-electron chi connectivity index (χ1n) is 12.2. The Morgan fingerprint density at radius 1 is 0.972 bits per heavy atom. The van der Waals surface area contributed by atoms with Crippen LogP contribution in [0.4, 0.5) is 0 Å². The Morgan fingerprint density at radius 2 is 1.61 bits per heavy atom. The van der Waals surface area contributed by atoms with Gasteiger partial charge < -0.3 is 10.4 Å². The second-order valence-electron chi connectivity index (χ2n) is 9.27. The van der Waals surface area contributed by atoms with Gasteiger partial charge in [-0.15, -0.1) is 0 Å². The van der Waals surface area contributed by atoms with Crippen LogP contribution in [0, 0.1) is 0 Å². The molecule has 1 heterocycles. The lowest BCUT2D eigenvalue weighted by Crippen LogP contribution is -2.39. The van der Waals surface area contributed by atoms with Crippen LogP contribution in [0.1, 0.15) is 42.0 Å². The normalized spacial score (nSPS) is 18.0. The number of likely N-dealkylation sites (tertiary alicyclic amines) is 1. The number of rotatable bonds is 10. The van der Waals surface area contributed by atoms with Crippen molar-refractivity contribution >= 4 is 15.9 Å². The van der Waals surface area contributed by atoms with E-state index in [0.717, 1.165) is 29.7 Å². The summed E-state index contributed by atoms with van der Waals surface area (Å²) < 4.78 is 27.5. The molecule has 3 unspecified atom stereocenters. The number of hydrogen-bond donors (Lipinski definition) is 3. The fraction of sp³-hybridized carbons (Fsp3) is 0.321. The standard InChI is InChI=1S/C28H33N3O4S/c1-21(23-14-12-22(13-15-23)18-29-36(34,35)26-10-6-3-7-11-26)28(33)30-27(24-8-4-2-5-9-24)20-31-17-16-25(32)19-31/h2-15,21,25,27,29,32H,16-20H2,1H3,(H,30,33). The first-order chi connectivity index (χ1) is 17.3. The fourth-order valence-electron chi connectivity index (χ4n) is 4.39. The molecule has 0 aromatic heterocycles. The van der Waals surface area contributed by atoms with Crippen LogP contribution >= 0.6 is 0 Å². The van der Waals surface area contributed by atoms with Gasteiger partial charge in [0.25, 0.3) is 0 Å². The fourth-order valence-corrected chi connectivity index (χ4v) is 5.43. The van der Waals surface area contributed by atoms with Gasteiger partial charge in [0.1, 0.15) is 0 Å². The van der Waals surface area contributed by atoms with Crippen molar-refractivity contribution in [3.8, 4) is 0 Å². The van der Waals surface area contributed by atoms with E-state index in [9.17, 15) is 18.3 Å². The van der Waals surface area contributed by atoms with Crippen LogP contribution < -0.4 is 10.0 Å². The second-order valence-corrected chi connectivity index (χ2v) is 11.0. The van der Waals surface area contributed by atoms with E-state index in [1.54, 1.807) is 30.3 Å². The lowest BCUT2D eigenvalue weighted by molar-refractivity contribution is -0.123. The van der Waals surface area contributed by atoms with Crippen LogP contribution in [0.3, 0.4) is 0 Å². The van der Waals surface area contributed by atoms with Crippen LogP contribution in [-0.2, 0) is 21.4 Å². The van der Waals surface area contributed by atoms with E-state index in [1.807, 2.05) is 61.5 Å². The quantitative estimate of drug-likeness (QED) is 0.392. The number of hydrogen-bond acceptors (Lipinski definition) is 5.